The molecule has 138 valence electrons. The van der Waals surface area contributed by atoms with E-state index >= 15 is 0 Å². The van der Waals surface area contributed by atoms with Crippen LogP contribution in [0.3, 0.4) is 0 Å². The van der Waals surface area contributed by atoms with Crippen LogP contribution in [0, 0.1) is 0 Å². The number of benzene rings is 2. The fourth-order valence-electron chi connectivity index (χ4n) is 2.91. The van der Waals surface area contributed by atoms with E-state index < -0.39 is 0 Å². The fraction of sp³-hybridized carbons (Fsp3) is 0.143. The van der Waals surface area contributed by atoms with Gasteiger partial charge in [0.05, 0.1) is 6.04 Å². The Morgan fingerprint density at radius 2 is 1.63 bits per heavy atom. The Morgan fingerprint density at radius 3 is 2.26 bits per heavy atom. The number of rotatable bonds is 6. The quantitative estimate of drug-likeness (QED) is 0.602. The number of nitrogens with one attached hydrogen (secondary N) is 1. The Hall–Kier alpha value is -2.56. The summed E-state index contributed by atoms with van der Waals surface area (Å²) in [7, 11) is 0. The third kappa shape index (κ3) is 5.00. The molecule has 1 N–H and O–H groups in total. The number of hydrogen-bond acceptors (Lipinski definition) is 3. The zero-order chi connectivity index (χ0) is 19.2. The summed E-state index contributed by atoms with van der Waals surface area (Å²) in [6.45, 7) is 2.00. The minimum absolute atomic E-state index is 0.120. The van der Waals surface area contributed by atoms with Gasteiger partial charge in [0.15, 0.2) is 0 Å². The van der Waals surface area contributed by atoms with Crippen LogP contribution < -0.4 is 10.2 Å². The van der Waals surface area contributed by atoms with Crippen molar-refractivity contribution in [2.24, 2.45) is 0 Å². The highest BCUT2D eigenvalue weighted by Crippen LogP contribution is 2.31. The Kier molecular flexibility index (Phi) is 6.32. The first-order valence-corrected chi connectivity index (χ1v) is 9.25. The van der Waals surface area contributed by atoms with Gasteiger partial charge in [-0.25, -0.2) is 0 Å². The SMILES string of the molecule is CC(=O)NC(CN(c1ccncc1)c1ccc(Cl)cc1)c1ccccc1Cl. The van der Waals surface area contributed by atoms with Gasteiger partial charge < -0.3 is 10.2 Å². The lowest BCUT2D eigenvalue weighted by molar-refractivity contribution is -0.119. The average molecular weight is 400 g/mol. The average Bonchev–Trinajstić information content (AvgIpc) is 2.67. The summed E-state index contributed by atoms with van der Waals surface area (Å²) in [6.07, 6.45) is 3.47. The minimum Gasteiger partial charge on any atom is -0.348 e. The molecule has 0 saturated carbocycles. The number of nitrogens with zero attached hydrogens (tertiary/aromatic N) is 2. The van der Waals surface area contributed by atoms with E-state index in [0.717, 1.165) is 16.9 Å². The summed E-state index contributed by atoms with van der Waals surface area (Å²) >= 11 is 12.5. The van der Waals surface area contributed by atoms with Crippen LogP contribution in [-0.4, -0.2) is 17.4 Å². The fourth-order valence-corrected chi connectivity index (χ4v) is 3.31. The van der Waals surface area contributed by atoms with Gasteiger partial charge in [0, 0.05) is 47.3 Å². The number of carbonyl (C=O) groups excluding carboxylic acids is 1. The molecule has 0 spiro atoms. The topological polar surface area (TPSA) is 45.2 Å². The van der Waals surface area contributed by atoms with Crippen molar-refractivity contribution in [3.63, 3.8) is 0 Å². The second kappa shape index (κ2) is 8.89. The van der Waals surface area contributed by atoms with Gasteiger partial charge in [-0.15, -0.1) is 0 Å². The number of hydrogen-bond donors (Lipinski definition) is 1. The van der Waals surface area contributed by atoms with Gasteiger partial charge in [-0.1, -0.05) is 41.4 Å². The van der Waals surface area contributed by atoms with Gasteiger partial charge in [-0.2, -0.15) is 0 Å². The van der Waals surface area contributed by atoms with Crippen LogP contribution in [0.25, 0.3) is 0 Å². The third-order valence-corrected chi connectivity index (χ3v) is 4.73. The highest BCUT2D eigenvalue weighted by atomic mass is 35.5. The van der Waals surface area contributed by atoms with Gasteiger partial charge in [0.25, 0.3) is 0 Å². The van der Waals surface area contributed by atoms with Gasteiger partial charge in [0.2, 0.25) is 5.91 Å². The van der Waals surface area contributed by atoms with Gasteiger partial charge in [-0.3, -0.25) is 9.78 Å². The van der Waals surface area contributed by atoms with Crippen molar-refractivity contribution in [3.05, 3.63) is 88.7 Å². The summed E-state index contributed by atoms with van der Waals surface area (Å²) in [6, 6.07) is 18.7. The standard InChI is InChI=1S/C21H19Cl2N3O/c1-15(27)25-21(19-4-2-3-5-20(19)23)14-26(18-10-12-24-13-11-18)17-8-6-16(22)7-9-17/h2-13,21H,14H2,1H3,(H,25,27). The van der Waals surface area contributed by atoms with Crippen molar-refractivity contribution in [2.45, 2.75) is 13.0 Å². The molecule has 3 aromatic rings. The molecule has 2 aromatic carbocycles. The molecule has 1 heterocycles. The molecule has 1 aromatic heterocycles. The van der Waals surface area contributed by atoms with E-state index in [1.54, 1.807) is 12.4 Å². The molecular formula is C21H19Cl2N3O. The van der Waals surface area contributed by atoms with Crippen LogP contribution in [0.1, 0.15) is 18.5 Å². The molecule has 0 aliphatic carbocycles. The first-order valence-electron chi connectivity index (χ1n) is 8.49. The van der Waals surface area contributed by atoms with Crippen LogP contribution in [0.5, 0.6) is 0 Å². The molecule has 0 radical (unpaired) electrons. The summed E-state index contributed by atoms with van der Waals surface area (Å²) in [5.74, 6) is -0.120. The second-order valence-electron chi connectivity index (χ2n) is 6.07. The van der Waals surface area contributed by atoms with Crippen molar-refractivity contribution >= 4 is 40.5 Å². The summed E-state index contributed by atoms with van der Waals surface area (Å²) in [5, 5.41) is 4.29. The maximum absolute atomic E-state index is 11.8. The van der Waals surface area contributed by atoms with E-state index in [-0.39, 0.29) is 11.9 Å². The van der Waals surface area contributed by atoms with Gasteiger partial charge >= 0.3 is 0 Å². The molecule has 4 nitrogen and oxygen atoms in total. The monoisotopic (exact) mass is 399 g/mol. The molecule has 1 amide bonds. The van der Waals surface area contributed by atoms with E-state index in [1.165, 1.54) is 6.92 Å². The third-order valence-electron chi connectivity index (χ3n) is 4.14. The minimum atomic E-state index is -0.292. The molecule has 1 atom stereocenters. The molecule has 0 bridgehead atoms. The summed E-state index contributed by atoms with van der Waals surface area (Å²) in [4.78, 5) is 18.0. The lowest BCUT2D eigenvalue weighted by atomic mass is 10.1. The molecule has 0 saturated heterocycles. The molecule has 6 heteroatoms. The molecule has 0 fully saturated rings. The van der Waals surface area contributed by atoms with Crippen molar-refractivity contribution in [1.29, 1.82) is 0 Å². The highest BCUT2D eigenvalue weighted by molar-refractivity contribution is 6.31. The predicted molar refractivity (Wildman–Crippen MR) is 111 cm³/mol. The molecule has 1 unspecified atom stereocenters. The van der Waals surface area contributed by atoms with E-state index in [9.17, 15) is 4.79 Å². The van der Waals surface area contributed by atoms with Crippen molar-refractivity contribution in [2.75, 3.05) is 11.4 Å². The van der Waals surface area contributed by atoms with Crippen LogP contribution in [-0.2, 0) is 4.79 Å². The zero-order valence-electron chi connectivity index (χ0n) is 14.8. The van der Waals surface area contributed by atoms with Crippen LogP contribution in [0.2, 0.25) is 10.0 Å². The van der Waals surface area contributed by atoms with E-state index in [0.29, 0.717) is 16.6 Å². The molecule has 27 heavy (non-hydrogen) atoms. The molecule has 0 aliphatic heterocycles. The number of carbonyl (C=O) groups is 1. The lowest BCUT2D eigenvalue weighted by Gasteiger charge is -2.30. The lowest BCUT2D eigenvalue weighted by Crippen LogP contribution is -2.35. The molecule has 0 aliphatic rings. The van der Waals surface area contributed by atoms with Crippen molar-refractivity contribution in [3.8, 4) is 0 Å². The van der Waals surface area contributed by atoms with E-state index in [1.807, 2.05) is 60.7 Å². The summed E-state index contributed by atoms with van der Waals surface area (Å²) < 4.78 is 0. The largest absolute Gasteiger partial charge is 0.348 e. The van der Waals surface area contributed by atoms with Crippen LogP contribution in [0.4, 0.5) is 11.4 Å². The Balaban J connectivity index is 2.01. The number of amides is 1. The van der Waals surface area contributed by atoms with Crippen molar-refractivity contribution in [1.82, 2.24) is 10.3 Å². The zero-order valence-corrected chi connectivity index (χ0v) is 16.3. The maximum Gasteiger partial charge on any atom is 0.217 e. The number of pyridine rings is 1. The van der Waals surface area contributed by atoms with Crippen LogP contribution in [0.15, 0.2) is 73.1 Å². The Bertz CT molecular complexity index is 901. The molecular weight excluding hydrogens is 381 g/mol. The normalized spacial score (nSPS) is 11.7. The number of aromatic nitrogens is 1. The van der Waals surface area contributed by atoms with Crippen molar-refractivity contribution < 1.29 is 4.79 Å². The smallest absolute Gasteiger partial charge is 0.217 e. The number of anilines is 2. The maximum atomic E-state index is 11.8. The van der Waals surface area contributed by atoms with Crippen LogP contribution >= 0.6 is 23.2 Å². The first-order chi connectivity index (χ1) is 13.0. The van der Waals surface area contributed by atoms with Gasteiger partial charge in [-0.05, 0) is 48.0 Å². The van der Waals surface area contributed by atoms with Gasteiger partial charge in [0.1, 0.15) is 0 Å². The van der Waals surface area contributed by atoms with E-state index in [4.69, 9.17) is 23.2 Å². The molecule has 3 rings (SSSR count). The number of halogens is 2. The Morgan fingerprint density at radius 1 is 1.00 bits per heavy atom. The van der Waals surface area contributed by atoms with E-state index in [2.05, 4.69) is 15.2 Å². The highest BCUT2D eigenvalue weighted by Gasteiger charge is 2.21. The first kappa shape index (κ1) is 19.2. The Labute approximate surface area is 168 Å². The second-order valence-corrected chi connectivity index (χ2v) is 6.91. The summed E-state index contributed by atoms with van der Waals surface area (Å²) in [5.41, 5.74) is 2.77. The predicted octanol–water partition coefficient (Wildman–Crippen LogP) is 5.40.